The number of aryl methyl sites for hydroxylation is 3. The van der Waals surface area contributed by atoms with Gasteiger partial charge in [0.1, 0.15) is 12.4 Å². The summed E-state index contributed by atoms with van der Waals surface area (Å²) in [5.74, 6) is -0.390. The van der Waals surface area contributed by atoms with E-state index in [0.717, 1.165) is 46.3 Å². The Hall–Kier alpha value is -4.32. The largest absolute Gasteiger partial charge is 0.493 e. The van der Waals surface area contributed by atoms with Crippen LogP contribution in [0.4, 0.5) is 5.69 Å². The van der Waals surface area contributed by atoms with Crippen LogP contribution in [0.25, 0.3) is 0 Å². The molecule has 0 radical (unpaired) electrons. The summed E-state index contributed by atoms with van der Waals surface area (Å²) in [6, 6.07) is 14.6. The Balaban J connectivity index is 1.44. The highest BCUT2D eigenvalue weighted by atomic mass is 16.7. The third-order valence-corrected chi connectivity index (χ3v) is 8.96. The highest BCUT2D eigenvalue weighted by molar-refractivity contribution is 5.94. The number of hydrogen-bond donors (Lipinski definition) is 2. The molecule has 2 heterocycles. The first-order chi connectivity index (χ1) is 23.3. The van der Waals surface area contributed by atoms with Gasteiger partial charge in [-0.15, -0.1) is 0 Å². The number of ether oxygens (including phenoxy) is 6. The zero-order valence-electron chi connectivity index (χ0n) is 28.4. The van der Waals surface area contributed by atoms with Crippen LogP contribution in [0.3, 0.4) is 0 Å². The highest BCUT2D eigenvalue weighted by Crippen LogP contribution is 2.50. The first kappa shape index (κ1) is 35.0. The average Bonchev–Trinajstić information content (AvgIpc) is 3.72. The number of rotatable bonds is 16. The maximum atomic E-state index is 13.8. The molecule has 2 N–H and O–H groups in total. The predicted molar refractivity (Wildman–Crippen MR) is 180 cm³/mol. The van der Waals surface area contributed by atoms with Crippen molar-refractivity contribution >= 4 is 17.6 Å². The lowest BCUT2D eigenvalue weighted by Gasteiger charge is -2.27. The maximum absolute atomic E-state index is 13.8. The molecule has 1 unspecified atom stereocenters. The summed E-state index contributed by atoms with van der Waals surface area (Å²) in [5, 5.41) is 13.9. The molecular weight excluding hydrogens is 616 g/mol. The van der Waals surface area contributed by atoms with Crippen LogP contribution in [0, 0.1) is 12.8 Å². The third kappa shape index (κ3) is 7.86. The standard InChI is InChI=1S/C37H46N2O9/c1-6-24-16-23(3)17-25(7-2)34(24)38-32(40)21-39-20-29(27-18-30(44-5)36-31(19-27)47-22-48-36)33(37(41)42)35(39)26-8-10-28(11-9-26)46-15-14-45-13-12-43-4/h8-11,16-19,29,33,35H,6-7,12-15,20-22H2,1-5H3,(H,38,40)(H,41,42)/t29-,33?,35+/m1/s1. The SMILES string of the molecule is CCc1cc(C)cc(CC)c1NC(=O)CN1C[C@H](c2cc(OC)c3c(c2)OCO3)C(C(=O)O)[C@@H]1c1ccc(OCCOCCOC)cc1. The van der Waals surface area contributed by atoms with Crippen molar-refractivity contribution in [3.63, 3.8) is 0 Å². The van der Waals surface area contributed by atoms with E-state index < -0.39 is 23.8 Å². The number of amides is 1. The fourth-order valence-electron chi connectivity index (χ4n) is 6.74. The number of benzene rings is 3. The molecule has 258 valence electrons. The Kier molecular flexibility index (Phi) is 11.8. The highest BCUT2D eigenvalue weighted by Gasteiger charge is 2.48. The summed E-state index contributed by atoms with van der Waals surface area (Å²) in [6.07, 6.45) is 1.55. The summed E-state index contributed by atoms with van der Waals surface area (Å²) in [7, 11) is 3.16. The monoisotopic (exact) mass is 662 g/mol. The van der Waals surface area contributed by atoms with Crippen molar-refractivity contribution < 1.29 is 43.1 Å². The molecule has 0 saturated carbocycles. The zero-order chi connectivity index (χ0) is 34.2. The zero-order valence-corrected chi connectivity index (χ0v) is 28.4. The molecule has 48 heavy (non-hydrogen) atoms. The molecule has 3 atom stereocenters. The molecule has 0 spiro atoms. The van der Waals surface area contributed by atoms with E-state index in [1.54, 1.807) is 14.2 Å². The summed E-state index contributed by atoms with van der Waals surface area (Å²) < 4.78 is 33.2. The Morgan fingerprint density at radius 2 is 1.65 bits per heavy atom. The lowest BCUT2D eigenvalue weighted by Crippen LogP contribution is -2.35. The van der Waals surface area contributed by atoms with Gasteiger partial charge in [-0.1, -0.05) is 43.7 Å². The molecule has 3 aromatic carbocycles. The average molecular weight is 663 g/mol. The Bertz CT molecular complexity index is 1550. The van der Waals surface area contributed by atoms with Gasteiger partial charge < -0.3 is 38.8 Å². The van der Waals surface area contributed by atoms with Gasteiger partial charge in [0.25, 0.3) is 0 Å². The molecule has 0 aliphatic carbocycles. The number of aliphatic carboxylic acids is 1. The summed E-state index contributed by atoms with van der Waals surface area (Å²) >= 11 is 0. The minimum absolute atomic E-state index is 0.00385. The van der Waals surface area contributed by atoms with Crippen molar-refractivity contribution in [1.82, 2.24) is 4.90 Å². The third-order valence-electron chi connectivity index (χ3n) is 8.96. The van der Waals surface area contributed by atoms with Gasteiger partial charge in [-0.05, 0) is 66.3 Å². The number of anilines is 1. The normalized spacial score (nSPS) is 18.6. The fraction of sp³-hybridized carbons (Fsp3) is 0.459. The van der Waals surface area contributed by atoms with Crippen LogP contribution in [0.1, 0.15) is 53.6 Å². The molecule has 11 nitrogen and oxygen atoms in total. The topological polar surface area (TPSA) is 125 Å². The number of carbonyl (C=O) groups is 2. The molecular formula is C37H46N2O9. The van der Waals surface area contributed by atoms with Crippen molar-refractivity contribution in [2.24, 2.45) is 5.92 Å². The van der Waals surface area contributed by atoms with Crippen molar-refractivity contribution in [2.45, 2.75) is 45.6 Å². The molecule has 1 fully saturated rings. The summed E-state index contributed by atoms with van der Waals surface area (Å²) in [6.45, 7) is 8.37. The number of carboxylic acid groups (broad SMARTS) is 1. The van der Waals surface area contributed by atoms with Crippen molar-refractivity contribution in [3.05, 3.63) is 76.3 Å². The van der Waals surface area contributed by atoms with Crippen molar-refractivity contribution in [2.75, 3.05) is 65.8 Å². The lowest BCUT2D eigenvalue weighted by atomic mass is 9.82. The van der Waals surface area contributed by atoms with Crippen LogP contribution in [0.2, 0.25) is 0 Å². The van der Waals surface area contributed by atoms with E-state index in [-0.39, 0.29) is 19.2 Å². The molecule has 2 aliphatic rings. The molecule has 11 heteroatoms. The number of likely N-dealkylation sites (tertiary alicyclic amines) is 1. The van der Waals surface area contributed by atoms with Crippen LogP contribution in [-0.2, 0) is 31.9 Å². The molecule has 5 rings (SSSR count). The van der Waals surface area contributed by atoms with E-state index in [1.165, 1.54) is 0 Å². The van der Waals surface area contributed by atoms with Gasteiger partial charge in [-0.3, -0.25) is 14.5 Å². The number of nitrogens with one attached hydrogen (secondary N) is 1. The van der Waals surface area contributed by atoms with Gasteiger partial charge in [0.2, 0.25) is 18.4 Å². The van der Waals surface area contributed by atoms with Crippen LogP contribution in [-0.4, -0.2) is 82.4 Å². The van der Waals surface area contributed by atoms with Crippen molar-refractivity contribution in [1.29, 1.82) is 0 Å². The van der Waals surface area contributed by atoms with Gasteiger partial charge in [0.05, 0.1) is 39.4 Å². The number of methoxy groups -OCH3 is 2. The molecule has 1 saturated heterocycles. The minimum Gasteiger partial charge on any atom is -0.493 e. The Morgan fingerprint density at radius 1 is 0.938 bits per heavy atom. The second-order valence-corrected chi connectivity index (χ2v) is 12.0. The quantitative estimate of drug-likeness (QED) is 0.193. The molecule has 1 amide bonds. The van der Waals surface area contributed by atoms with Crippen LogP contribution < -0.4 is 24.3 Å². The minimum atomic E-state index is -0.960. The van der Waals surface area contributed by atoms with E-state index >= 15 is 0 Å². The second kappa shape index (κ2) is 16.2. The number of carboxylic acids is 1. The van der Waals surface area contributed by atoms with E-state index in [1.807, 2.05) is 41.3 Å². The molecule has 0 bridgehead atoms. The summed E-state index contributed by atoms with van der Waals surface area (Å²) in [4.78, 5) is 28.9. The second-order valence-electron chi connectivity index (χ2n) is 12.0. The van der Waals surface area contributed by atoms with E-state index in [4.69, 9.17) is 28.4 Å². The van der Waals surface area contributed by atoms with Gasteiger partial charge in [0.15, 0.2) is 11.5 Å². The van der Waals surface area contributed by atoms with Gasteiger partial charge in [0, 0.05) is 31.3 Å². The predicted octanol–water partition coefficient (Wildman–Crippen LogP) is 5.38. The van der Waals surface area contributed by atoms with Crippen molar-refractivity contribution in [3.8, 4) is 23.0 Å². The first-order valence-electron chi connectivity index (χ1n) is 16.4. The van der Waals surface area contributed by atoms with Gasteiger partial charge >= 0.3 is 5.97 Å². The van der Waals surface area contributed by atoms with E-state index in [9.17, 15) is 14.7 Å². The molecule has 0 aromatic heterocycles. The smallest absolute Gasteiger partial charge is 0.309 e. The van der Waals surface area contributed by atoms with E-state index in [0.29, 0.717) is 56.0 Å². The summed E-state index contributed by atoms with van der Waals surface area (Å²) in [5.41, 5.74) is 5.65. The Morgan fingerprint density at radius 3 is 2.29 bits per heavy atom. The van der Waals surface area contributed by atoms with E-state index in [2.05, 4.69) is 38.2 Å². The van der Waals surface area contributed by atoms with Crippen LogP contribution >= 0.6 is 0 Å². The number of nitrogens with zero attached hydrogens (tertiary/aromatic N) is 1. The number of carbonyl (C=O) groups excluding carboxylic acids is 1. The molecule has 2 aliphatic heterocycles. The fourth-order valence-corrected chi connectivity index (χ4v) is 6.74. The van der Waals surface area contributed by atoms with Crippen LogP contribution in [0.15, 0.2) is 48.5 Å². The maximum Gasteiger partial charge on any atom is 0.309 e. The number of fused-ring (bicyclic) bond motifs is 1. The first-order valence-corrected chi connectivity index (χ1v) is 16.4. The van der Waals surface area contributed by atoms with Gasteiger partial charge in [-0.25, -0.2) is 0 Å². The Labute approximate surface area is 282 Å². The number of hydrogen-bond acceptors (Lipinski definition) is 9. The lowest BCUT2D eigenvalue weighted by molar-refractivity contribution is -0.143. The van der Waals surface area contributed by atoms with Crippen LogP contribution in [0.5, 0.6) is 23.0 Å². The molecule has 3 aromatic rings. The van der Waals surface area contributed by atoms with Gasteiger partial charge in [-0.2, -0.15) is 0 Å².